The van der Waals surface area contributed by atoms with Crippen molar-refractivity contribution >= 4 is 22.7 Å². The maximum atomic E-state index is 10.3. The van der Waals surface area contributed by atoms with E-state index in [4.69, 9.17) is 19.9 Å². The lowest BCUT2D eigenvalue weighted by molar-refractivity contribution is -0.0282. The maximum Gasteiger partial charge on any atom is 0.150 e. The molecule has 11 heteroatoms. The van der Waals surface area contributed by atoms with E-state index in [-0.39, 0.29) is 24.4 Å². The number of benzene rings is 2. The van der Waals surface area contributed by atoms with Gasteiger partial charge in [0.15, 0.2) is 5.65 Å². The van der Waals surface area contributed by atoms with Gasteiger partial charge in [-0.3, -0.25) is 9.47 Å². The monoisotopic (exact) mass is 611 g/mol. The van der Waals surface area contributed by atoms with Gasteiger partial charge in [0.05, 0.1) is 37.9 Å². The Morgan fingerprint density at radius 1 is 1.13 bits per heavy atom. The second-order valence-electron chi connectivity index (χ2n) is 11.8. The van der Waals surface area contributed by atoms with E-state index in [2.05, 4.69) is 63.5 Å². The Labute approximate surface area is 263 Å². The molecule has 2 aromatic heterocycles. The minimum Gasteiger partial charge on any atom is -0.493 e. The van der Waals surface area contributed by atoms with Crippen molar-refractivity contribution in [3.05, 3.63) is 66.0 Å². The van der Waals surface area contributed by atoms with E-state index in [1.54, 1.807) is 0 Å². The van der Waals surface area contributed by atoms with Crippen LogP contribution in [0.3, 0.4) is 0 Å². The predicted octanol–water partition coefficient (Wildman–Crippen LogP) is 4.57. The number of anilines is 2. The van der Waals surface area contributed by atoms with Gasteiger partial charge in [-0.1, -0.05) is 49.4 Å². The number of morpholine rings is 1. The van der Waals surface area contributed by atoms with Crippen molar-refractivity contribution in [2.75, 3.05) is 57.1 Å². The number of nitrogens with two attached hydrogens (primary N) is 1. The van der Waals surface area contributed by atoms with Crippen molar-refractivity contribution < 1.29 is 19.3 Å². The molecule has 2 fully saturated rings. The summed E-state index contributed by atoms with van der Waals surface area (Å²) in [4.78, 5) is 11.1. The molecule has 0 spiro atoms. The van der Waals surface area contributed by atoms with Gasteiger partial charge < -0.3 is 30.4 Å². The number of aliphatic hydroxyl groups excluding tert-OH is 1. The van der Waals surface area contributed by atoms with Gasteiger partial charge in [0.2, 0.25) is 0 Å². The Morgan fingerprint density at radius 2 is 1.96 bits per heavy atom. The van der Waals surface area contributed by atoms with Gasteiger partial charge in [-0.05, 0) is 43.0 Å². The molecule has 2 aromatic carbocycles. The third kappa shape index (κ3) is 6.74. The molecule has 3 atom stereocenters. The molecule has 0 aliphatic carbocycles. The largest absolute Gasteiger partial charge is 0.493 e. The van der Waals surface area contributed by atoms with Crippen LogP contribution in [0.5, 0.6) is 5.75 Å². The van der Waals surface area contributed by atoms with E-state index in [0.29, 0.717) is 42.0 Å². The van der Waals surface area contributed by atoms with E-state index in [1.165, 1.54) is 6.33 Å². The van der Waals surface area contributed by atoms with Crippen molar-refractivity contribution in [3.63, 3.8) is 0 Å². The Kier molecular flexibility index (Phi) is 9.76. The summed E-state index contributed by atoms with van der Waals surface area (Å²) >= 11 is 0. The molecule has 0 saturated carbocycles. The van der Waals surface area contributed by atoms with E-state index in [1.807, 2.05) is 22.8 Å². The molecule has 4 heterocycles. The quantitative estimate of drug-likeness (QED) is 0.195. The number of nitrogens with zero attached hydrogens (tertiary/aromatic N) is 5. The molecule has 0 amide bonds. The Morgan fingerprint density at radius 3 is 2.71 bits per heavy atom. The SMILES string of the molecule is CC1CC(CO)OC1n1c(NCc2ccc(-c3ccccc3)c(OCCCCN3CCOCC3)c2)c(C#N)c2c(N)ncnc21. The molecule has 3 unspecified atom stereocenters. The van der Waals surface area contributed by atoms with Gasteiger partial charge in [-0.25, -0.2) is 9.97 Å². The van der Waals surface area contributed by atoms with Gasteiger partial charge in [0, 0.05) is 31.1 Å². The van der Waals surface area contributed by atoms with Crippen LogP contribution in [0.4, 0.5) is 11.6 Å². The number of nitrogen functional groups attached to an aromatic ring is 1. The van der Waals surface area contributed by atoms with Crippen molar-refractivity contribution in [2.45, 2.75) is 45.1 Å². The third-order valence-electron chi connectivity index (χ3n) is 8.66. The van der Waals surface area contributed by atoms with E-state index >= 15 is 0 Å². The molecule has 0 radical (unpaired) electrons. The van der Waals surface area contributed by atoms with E-state index < -0.39 is 6.23 Å². The summed E-state index contributed by atoms with van der Waals surface area (Å²) < 4.78 is 20.0. The van der Waals surface area contributed by atoms with Gasteiger partial charge in [-0.2, -0.15) is 5.26 Å². The summed E-state index contributed by atoms with van der Waals surface area (Å²) in [6.07, 6.45) is 3.39. The highest BCUT2D eigenvalue weighted by Gasteiger charge is 2.37. The van der Waals surface area contributed by atoms with Gasteiger partial charge >= 0.3 is 0 Å². The molecule has 45 heavy (non-hydrogen) atoms. The molecule has 6 rings (SSSR count). The third-order valence-corrected chi connectivity index (χ3v) is 8.66. The fourth-order valence-electron chi connectivity index (χ4n) is 6.32. The maximum absolute atomic E-state index is 10.3. The average Bonchev–Trinajstić information content (AvgIpc) is 3.61. The summed E-state index contributed by atoms with van der Waals surface area (Å²) in [5.74, 6) is 1.70. The summed E-state index contributed by atoms with van der Waals surface area (Å²) in [5.41, 5.74) is 10.3. The average molecular weight is 612 g/mol. The fraction of sp³-hybridized carbons (Fsp3) is 0.441. The number of ether oxygens (including phenoxy) is 3. The second kappa shape index (κ2) is 14.3. The van der Waals surface area contributed by atoms with Gasteiger partial charge in [-0.15, -0.1) is 0 Å². The zero-order chi connectivity index (χ0) is 31.2. The normalized spacial score (nSPS) is 20.3. The molecular formula is C34H41N7O4. The topological polar surface area (TPSA) is 144 Å². The molecule has 4 aromatic rings. The Hall–Kier alpha value is -4.21. The molecule has 2 saturated heterocycles. The minimum atomic E-state index is -0.430. The first-order valence-corrected chi connectivity index (χ1v) is 15.7. The fourth-order valence-corrected chi connectivity index (χ4v) is 6.32. The highest BCUT2D eigenvalue weighted by atomic mass is 16.5. The highest BCUT2D eigenvalue weighted by molar-refractivity contribution is 5.97. The predicted molar refractivity (Wildman–Crippen MR) is 173 cm³/mol. The van der Waals surface area contributed by atoms with Crippen molar-refractivity contribution in [1.82, 2.24) is 19.4 Å². The van der Waals surface area contributed by atoms with Crippen LogP contribution in [0, 0.1) is 17.2 Å². The van der Waals surface area contributed by atoms with Crippen LogP contribution in [0.15, 0.2) is 54.9 Å². The van der Waals surface area contributed by atoms with Crippen LogP contribution < -0.4 is 15.8 Å². The number of aliphatic hydroxyl groups is 1. The van der Waals surface area contributed by atoms with E-state index in [9.17, 15) is 10.4 Å². The molecule has 11 nitrogen and oxygen atoms in total. The van der Waals surface area contributed by atoms with Crippen LogP contribution in [-0.4, -0.2) is 76.7 Å². The summed E-state index contributed by atoms with van der Waals surface area (Å²) in [5, 5.41) is 24.0. The van der Waals surface area contributed by atoms with Crippen molar-refractivity contribution in [1.29, 1.82) is 5.26 Å². The number of fused-ring (bicyclic) bond motifs is 1. The number of nitrogens with one attached hydrogen (secondary N) is 1. The number of hydrogen-bond acceptors (Lipinski definition) is 10. The van der Waals surface area contributed by atoms with Crippen LogP contribution in [0.2, 0.25) is 0 Å². The van der Waals surface area contributed by atoms with Gasteiger partial charge in [0.25, 0.3) is 0 Å². The lowest BCUT2D eigenvalue weighted by atomic mass is 10.0. The van der Waals surface area contributed by atoms with Crippen LogP contribution in [-0.2, 0) is 16.0 Å². The first-order chi connectivity index (χ1) is 22.1. The Bertz CT molecular complexity index is 1630. The molecule has 236 valence electrons. The second-order valence-corrected chi connectivity index (χ2v) is 11.8. The minimum absolute atomic E-state index is 0.0746. The number of hydrogen-bond donors (Lipinski definition) is 3. The van der Waals surface area contributed by atoms with Gasteiger partial charge in [0.1, 0.15) is 41.6 Å². The number of rotatable bonds is 12. The molecule has 0 bridgehead atoms. The number of aromatic nitrogens is 3. The molecule has 4 N–H and O–H groups in total. The first-order valence-electron chi connectivity index (χ1n) is 15.7. The zero-order valence-electron chi connectivity index (χ0n) is 25.7. The lowest BCUT2D eigenvalue weighted by Gasteiger charge is -2.26. The van der Waals surface area contributed by atoms with Crippen LogP contribution >= 0.6 is 0 Å². The molecule has 2 aliphatic heterocycles. The number of unbranched alkanes of at least 4 members (excludes halogenated alkanes) is 1. The summed E-state index contributed by atoms with van der Waals surface area (Å²) in [7, 11) is 0. The van der Waals surface area contributed by atoms with Crippen molar-refractivity contribution in [2.24, 2.45) is 5.92 Å². The standard InChI is InChI=1S/C34H41N7O4/c1-23-17-26(21-42)45-34(23)41-32(28(19-35)30-31(36)38-22-39-33(30)41)37-20-24-9-10-27(25-7-3-2-4-8-25)29(18-24)44-14-6-5-11-40-12-15-43-16-13-40/h2-4,7-10,18,22-23,26,34,37,42H,5-6,11-17,20-21H2,1H3,(H2,36,38,39). The first kappa shape index (κ1) is 30.8. The summed E-state index contributed by atoms with van der Waals surface area (Å²) in [6.45, 7) is 7.69. The van der Waals surface area contributed by atoms with Crippen LogP contribution in [0.1, 0.15) is 43.5 Å². The van der Waals surface area contributed by atoms with Crippen molar-refractivity contribution in [3.8, 4) is 22.9 Å². The number of nitriles is 1. The van der Waals surface area contributed by atoms with Crippen LogP contribution in [0.25, 0.3) is 22.2 Å². The smallest absolute Gasteiger partial charge is 0.150 e. The summed E-state index contributed by atoms with van der Waals surface area (Å²) in [6, 6.07) is 18.8. The molecule has 2 aliphatic rings. The lowest BCUT2D eigenvalue weighted by Crippen LogP contribution is -2.36. The highest BCUT2D eigenvalue weighted by Crippen LogP contribution is 2.42. The molecular weight excluding hydrogens is 570 g/mol. The van der Waals surface area contributed by atoms with E-state index in [0.717, 1.165) is 68.1 Å². The zero-order valence-corrected chi connectivity index (χ0v) is 25.7. The Balaban J connectivity index is 1.25.